The van der Waals surface area contributed by atoms with E-state index in [0.717, 1.165) is 4.88 Å². The average Bonchev–Trinajstić information content (AvgIpc) is 2.39. The van der Waals surface area contributed by atoms with E-state index in [1.54, 1.807) is 12.4 Å². The van der Waals surface area contributed by atoms with E-state index < -0.39 is 0 Å². The molecule has 0 aliphatic rings. The summed E-state index contributed by atoms with van der Waals surface area (Å²) in [7, 11) is 0. The van der Waals surface area contributed by atoms with Crippen molar-refractivity contribution in [1.29, 1.82) is 0 Å². The third-order valence-corrected chi connectivity index (χ3v) is 1.60. The van der Waals surface area contributed by atoms with Crippen molar-refractivity contribution < 1.29 is 0 Å². The lowest BCUT2D eigenvalue weighted by Gasteiger charge is -1.90. The molecule has 0 atom stereocenters. The summed E-state index contributed by atoms with van der Waals surface area (Å²) >= 11 is 5.88. The van der Waals surface area contributed by atoms with Crippen molar-refractivity contribution in [1.82, 2.24) is 9.80 Å². The summed E-state index contributed by atoms with van der Waals surface area (Å²) in [5.74, 6) is 0. The van der Waals surface area contributed by atoms with Crippen LogP contribution in [0.25, 0.3) is 0 Å². The Labute approximate surface area is 73.3 Å². The van der Waals surface area contributed by atoms with Gasteiger partial charge in [0.25, 0.3) is 0 Å². The van der Waals surface area contributed by atoms with Crippen LogP contribution in [0, 0.1) is 0 Å². The van der Waals surface area contributed by atoms with Gasteiger partial charge in [0.2, 0.25) is 0 Å². The predicted octanol–water partition coefficient (Wildman–Crippen LogP) is 0.310. The zero-order valence-electron chi connectivity index (χ0n) is 5.52. The number of hydrazone groups is 1. The number of hydrogen-bond donors (Lipinski definition) is 2. The zero-order chi connectivity index (χ0) is 8.10. The molecule has 4 nitrogen and oxygen atoms in total. The molecule has 0 radical (unpaired) electrons. The summed E-state index contributed by atoms with van der Waals surface area (Å²) in [6.45, 7) is 0. The molecule has 0 bridgehead atoms. The molecule has 3 N–H and O–H groups in total. The second-order valence-electron chi connectivity index (χ2n) is 1.65. The summed E-state index contributed by atoms with van der Waals surface area (Å²) in [5.41, 5.74) is 7.57. The minimum Gasteiger partial charge on any atom is -0.375 e. The lowest BCUT2D eigenvalue weighted by molar-refractivity contribution is 1.04. The van der Waals surface area contributed by atoms with Crippen molar-refractivity contribution in [2.24, 2.45) is 10.8 Å². The van der Waals surface area contributed by atoms with Gasteiger partial charge in [-0.05, 0) is 29.8 Å². The summed E-state index contributed by atoms with van der Waals surface area (Å²) in [5, 5.41) is 3.90. The van der Waals surface area contributed by atoms with Gasteiger partial charge in [-0.3, -0.25) is 5.43 Å². The normalized spacial score (nSPS) is 10.2. The van der Waals surface area contributed by atoms with Crippen molar-refractivity contribution in [3.63, 3.8) is 0 Å². The standard InChI is InChI=1S/C5H6N4S2/c6-5(10)9-7-3-4-1-2-8-11-4/h1-3H,(H3,6,9,10)/b7-3-. The number of aromatic nitrogens is 1. The van der Waals surface area contributed by atoms with E-state index in [0.29, 0.717) is 0 Å². The minimum absolute atomic E-state index is 0.158. The van der Waals surface area contributed by atoms with E-state index in [4.69, 9.17) is 5.73 Å². The van der Waals surface area contributed by atoms with Crippen molar-refractivity contribution >= 4 is 35.1 Å². The first-order valence-electron chi connectivity index (χ1n) is 2.78. The Hall–Kier alpha value is -1.01. The minimum atomic E-state index is 0.158. The van der Waals surface area contributed by atoms with Gasteiger partial charge in [0.15, 0.2) is 5.11 Å². The predicted molar refractivity (Wildman–Crippen MR) is 49.6 cm³/mol. The molecule has 0 fully saturated rings. The van der Waals surface area contributed by atoms with Crippen LogP contribution < -0.4 is 11.2 Å². The van der Waals surface area contributed by atoms with Crippen LogP contribution in [0.2, 0.25) is 0 Å². The Balaban J connectivity index is 2.43. The fourth-order valence-electron chi connectivity index (χ4n) is 0.452. The first kappa shape index (κ1) is 8.09. The van der Waals surface area contributed by atoms with E-state index in [1.165, 1.54) is 11.5 Å². The smallest absolute Gasteiger partial charge is 0.184 e. The molecule has 0 aliphatic carbocycles. The van der Waals surface area contributed by atoms with Crippen LogP contribution in [-0.4, -0.2) is 15.7 Å². The Morgan fingerprint density at radius 1 is 1.91 bits per heavy atom. The highest BCUT2D eigenvalue weighted by atomic mass is 32.1. The molecule has 0 unspecified atom stereocenters. The van der Waals surface area contributed by atoms with E-state index in [2.05, 4.69) is 27.1 Å². The Kier molecular flexibility index (Phi) is 2.94. The highest BCUT2D eigenvalue weighted by Gasteiger charge is 1.86. The second kappa shape index (κ2) is 3.99. The van der Waals surface area contributed by atoms with E-state index in [1.807, 2.05) is 6.07 Å². The SMILES string of the molecule is NC(=S)N/N=C\c1ccns1. The van der Waals surface area contributed by atoms with Crippen LogP contribution in [-0.2, 0) is 0 Å². The maximum atomic E-state index is 5.13. The highest BCUT2D eigenvalue weighted by Crippen LogP contribution is 1.98. The number of nitrogens with zero attached hydrogens (tertiary/aromatic N) is 2. The molecule has 6 heteroatoms. The monoisotopic (exact) mass is 186 g/mol. The van der Waals surface area contributed by atoms with Gasteiger partial charge in [-0.2, -0.15) is 5.10 Å². The van der Waals surface area contributed by atoms with Gasteiger partial charge in [-0.25, -0.2) is 4.37 Å². The van der Waals surface area contributed by atoms with Gasteiger partial charge >= 0.3 is 0 Å². The largest absolute Gasteiger partial charge is 0.375 e. The molecular weight excluding hydrogens is 180 g/mol. The summed E-state index contributed by atoms with van der Waals surface area (Å²) < 4.78 is 3.88. The van der Waals surface area contributed by atoms with Gasteiger partial charge in [0.05, 0.1) is 11.1 Å². The van der Waals surface area contributed by atoms with Gasteiger partial charge in [-0.15, -0.1) is 0 Å². The maximum Gasteiger partial charge on any atom is 0.184 e. The van der Waals surface area contributed by atoms with Crippen molar-refractivity contribution in [3.8, 4) is 0 Å². The molecule has 1 aromatic rings. The number of thiocarbonyl (C=S) groups is 1. The Morgan fingerprint density at radius 2 is 2.73 bits per heavy atom. The summed E-state index contributed by atoms with van der Waals surface area (Å²) in [4.78, 5) is 0.953. The Morgan fingerprint density at radius 3 is 3.27 bits per heavy atom. The molecule has 0 aliphatic heterocycles. The third kappa shape index (κ3) is 3.06. The number of nitrogens with two attached hydrogens (primary N) is 1. The molecule has 0 spiro atoms. The molecule has 0 amide bonds. The van der Waals surface area contributed by atoms with Crippen molar-refractivity contribution in [2.75, 3.05) is 0 Å². The lowest BCUT2D eigenvalue weighted by atomic mass is 10.5. The number of rotatable bonds is 2. The molecule has 0 saturated heterocycles. The number of hydrogen-bond acceptors (Lipinski definition) is 4. The lowest BCUT2D eigenvalue weighted by Crippen LogP contribution is -2.23. The zero-order valence-corrected chi connectivity index (χ0v) is 7.15. The van der Waals surface area contributed by atoms with Crippen LogP contribution in [0.4, 0.5) is 0 Å². The highest BCUT2D eigenvalue weighted by molar-refractivity contribution is 7.80. The molecule has 11 heavy (non-hydrogen) atoms. The Bertz CT molecular complexity index is 253. The van der Waals surface area contributed by atoms with Crippen LogP contribution in [0.1, 0.15) is 4.88 Å². The van der Waals surface area contributed by atoms with Gasteiger partial charge in [0.1, 0.15) is 0 Å². The van der Waals surface area contributed by atoms with Gasteiger partial charge in [0, 0.05) is 6.20 Å². The molecule has 0 aromatic carbocycles. The topological polar surface area (TPSA) is 63.3 Å². The van der Waals surface area contributed by atoms with Crippen LogP contribution in [0.15, 0.2) is 17.4 Å². The van der Waals surface area contributed by atoms with Crippen molar-refractivity contribution in [2.45, 2.75) is 0 Å². The molecule has 58 valence electrons. The first-order valence-corrected chi connectivity index (χ1v) is 3.96. The van der Waals surface area contributed by atoms with Crippen LogP contribution >= 0.6 is 23.8 Å². The third-order valence-electron chi connectivity index (χ3n) is 0.824. The molecule has 0 saturated carbocycles. The molecule has 1 heterocycles. The summed E-state index contributed by atoms with van der Waals surface area (Å²) in [6.07, 6.45) is 3.31. The quantitative estimate of drug-likeness (QED) is 0.396. The van der Waals surface area contributed by atoms with E-state index in [9.17, 15) is 0 Å². The average molecular weight is 186 g/mol. The van der Waals surface area contributed by atoms with E-state index in [-0.39, 0.29) is 5.11 Å². The first-order chi connectivity index (χ1) is 5.29. The molecular formula is C5H6N4S2. The fourth-order valence-corrected chi connectivity index (χ4v) is 0.969. The maximum absolute atomic E-state index is 5.13. The molecule has 1 rings (SSSR count). The molecule has 1 aromatic heterocycles. The second-order valence-corrected chi connectivity index (χ2v) is 2.95. The van der Waals surface area contributed by atoms with Gasteiger partial charge in [-0.1, -0.05) is 0 Å². The number of nitrogens with one attached hydrogen (secondary N) is 1. The van der Waals surface area contributed by atoms with Crippen LogP contribution in [0.5, 0.6) is 0 Å². The van der Waals surface area contributed by atoms with Crippen LogP contribution in [0.3, 0.4) is 0 Å². The summed E-state index contributed by atoms with van der Waals surface area (Å²) in [6, 6.07) is 1.84. The van der Waals surface area contributed by atoms with Gasteiger partial charge < -0.3 is 5.73 Å². The van der Waals surface area contributed by atoms with E-state index >= 15 is 0 Å². The fraction of sp³-hybridized carbons (Fsp3) is 0. The van der Waals surface area contributed by atoms with Crippen molar-refractivity contribution in [3.05, 3.63) is 17.1 Å².